The number of nitrogens with one attached hydrogen (secondary N) is 3. The van der Waals surface area contributed by atoms with Crippen molar-refractivity contribution in [1.29, 1.82) is 0 Å². The van der Waals surface area contributed by atoms with E-state index in [9.17, 15) is 15.0 Å². The third kappa shape index (κ3) is 4.12. The number of benzene rings is 1. The number of nitrogens with zero attached hydrogens (tertiary/aromatic N) is 2. The predicted octanol–water partition coefficient (Wildman–Crippen LogP) is 3.33. The van der Waals surface area contributed by atoms with E-state index in [0.717, 1.165) is 23.1 Å². The van der Waals surface area contributed by atoms with Crippen molar-refractivity contribution in [2.75, 3.05) is 10.6 Å². The minimum atomic E-state index is -0.982. The molecule has 2 saturated carbocycles. The van der Waals surface area contributed by atoms with Gasteiger partial charge >= 0.3 is 0 Å². The van der Waals surface area contributed by atoms with Gasteiger partial charge in [-0.1, -0.05) is 12.1 Å². The van der Waals surface area contributed by atoms with Gasteiger partial charge in [0.2, 0.25) is 5.95 Å². The summed E-state index contributed by atoms with van der Waals surface area (Å²) in [4.78, 5) is 25.5. The Kier molecular flexibility index (Phi) is 5.43. The van der Waals surface area contributed by atoms with Crippen molar-refractivity contribution in [2.24, 2.45) is 5.92 Å². The van der Waals surface area contributed by atoms with Crippen LogP contribution in [0.2, 0.25) is 0 Å². The lowest BCUT2D eigenvalue weighted by atomic mass is 9.88. The van der Waals surface area contributed by atoms with Gasteiger partial charge < -0.3 is 20.8 Å². The van der Waals surface area contributed by atoms with Crippen LogP contribution in [0.3, 0.4) is 0 Å². The monoisotopic (exact) mass is 455 g/mol. The zero-order valence-corrected chi connectivity index (χ0v) is 19.1. The van der Waals surface area contributed by atoms with Crippen molar-refractivity contribution in [3.05, 3.63) is 34.6 Å². The van der Waals surface area contributed by atoms with Crippen LogP contribution in [0.4, 0.5) is 11.8 Å². The van der Waals surface area contributed by atoms with Crippen LogP contribution in [0.1, 0.15) is 46.0 Å². The molecular weight excluding hydrogens is 426 g/mol. The highest BCUT2D eigenvalue weighted by Gasteiger charge is 2.41. The number of fused-ring (bicyclic) bond motifs is 1. The number of aromatic nitrogens is 3. The van der Waals surface area contributed by atoms with Crippen molar-refractivity contribution in [3.8, 4) is 10.6 Å². The predicted molar refractivity (Wildman–Crippen MR) is 127 cm³/mol. The Hall–Kier alpha value is -2.49. The first kappa shape index (κ1) is 21.4. The molecule has 0 spiro atoms. The summed E-state index contributed by atoms with van der Waals surface area (Å²) in [6.07, 6.45) is 3.75. The van der Waals surface area contributed by atoms with Crippen LogP contribution in [0.25, 0.3) is 20.8 Å². The number of aliphatic hydroxyl groups is 2. The minimum absolute atomic E-state index is 0.111. The Morgan fingerprint density at radius 2 is 1.91 bits per heavy atom. The van der Waals surface area contributed by atoms with Crippen molar-refractivity contribution in [2.45, 2.75) is 69.7 Å². The first-order chi connectivity index (χ1) is 15.3. The van der Waals surface area contributed by atoms with Crippen LogP contribution in [-0.4, -0.2) is 49.0 Å². The second-order valence-electron chi connectivity index (χ2n) is 9.54. The maximum atomic E-state index is 13.2. The molecule has 170 valence electrons. The molecule has 32 heavy (non-hydrogen) atoms. The van der Waals surface area contributed by atoms with E-state index in [-0.39, 0.29) is 17.5 Å². The van der Waals surface area contributed by atoms with Gasteiger partial charge in [0.25, 0.3) is 5.56 Å². The summed E-state index contributed by atoms with van der Waals surface area (Å²) in [6, 6.07) is 8.01. The molecule has 5 rings (SSSR count). The summed E-state index contributed by atoms with van der Waals surface area (Å²) in [5, 5.41) is 28.3. The average molecular weight is 456 g/mol. The molecule has 0 radical (unpaired) electrons. The molecular formula is C23H29N5O3S. The quantitative estimate of drug-likeness (QED) is 0.386. The summed E-state index contributed by atoms with van der Waals surface area (Å²) in [6.45, 7) is 3.45. The second kappa shape index (κ2) is 8.13. The molecule has 2 aliphatic carbocycles. The highest BCUT2D eigenvalue weighted by atomic mass is 32.1. The number of aromatic amines is 1. The zero-order chi connectivity index (χ0) is 22.5. The number of hydrogen-bond acceptors (Lipinski definition) is 8. The number of anilines is 2. The standard InChI is InChI=1S/C23H29N5O3S/c1-23(2,31)14-10-13(11-16(14)29)24-19-18(21-26-15-8-3-4-9-17(15)32-21)20(30)28-22(27-19)25-12-6-5-7-12/h3-4,8-9,12-14,16,29,31H,5-7,10-11H2,1-2H3,(H3,24,25,27,28,30). The lowest BCUT2D eigenvalue weighted by molar-refractivity contribution is -0.0314. The number of hydrogen-bond donors (Lipinski definition) is 5. The van der Waals surface area contributed by atoms with Crippen molar-refractivity contribution in [3.63, 3.8) is 0 Å². The van der Waals surface area contributed by atoms with Gasteiger partial charge in [0.15, 0.2) is 0 Å². The van der Waals surface area contributed by atoms with E-state index in [1.165, 1.54) is 17.8 Å². The molecule has 2 fully saturated rings. The SMILES string of the molecule is CC(C)(O)C1CC(Nc2nc(NC3CCC3)[nH]c(=O)c2-c2nc3ccccc3s2)CC1O. The van der Waals surface area contributed by atoms with Crippen LogP contribution in [0.5, 0.6) is 0 Å². The Morgan fingerprint density at radius 1 is 1.12 bits per heavy atom. The van der Waals surface area contributed by atoms with Gasteiger partial charge in [0.05, 0.1) is 21.9 Å². The fourth-order valence-electron chi connectivity index (χ4n) is 4.66. The van der Waals surface area contributed by atoms with Gasteiger partial charge in [0.1, 0.15) is 16.4 Å². The zero-order valence-electron chi connectivity index (χ0n) is 18.3. The molecule has 8 nitrogen and oxygen atoms in total. The van der Waals surface area contributed by atoms with Gasteiger partial charge in [-0.3, -0.25) is 9.78 Å². The Morgan fingerprint density at radius 3 is 2.56 bits per heavy atom. The lowest BCUT2D eigenvalue weighted by Gasteiger charge is -2.28. The number of H-pyrrole nitrogens is 1. The van der Waals surface area contributed by atoms with E-state index in [1.807, 2.05) is 24.3 Å². The fraction of sp³-hybridized carbons (Fsp3) is 0.522. The second-order valence-corrected chi connectivity index (χ2v) is 10.6. The smallest absolute Gasteiger partial charge is 0.264 e. The van der Waals surface area contributed by atoms with E-state index in [4.69, 9.17) is 4.98 Å². The number of thiazole rings is 1. The summed E-state index contributed by atoms with van der Waals surface area (Å²) in [5.41, 5.74) is 0.0185. The van der Waals surface area contributed by atoms with Gasteiger partial charge in [-0.15, -0.1) is 11.3 Å². The van der Waals surface area contributed by atoms with Crippen molar-refractivity contribution < 1.29 is 10.2 Å². The van der Waals surface area contributed by atoms with Crippen LogP contribution in [-0.2, 0) is 0 Å². The molecule has 2 heterocycles. The summed E-state index contributed by atoms with van der Waals surface area (Å²) in [7, 11) is 0. The van der Waals surface area contributed by atoms with Crippen molar-refractivity contribution >= 4 is 33.3 Å². The van der Waals surface area contributed by atoms with E-state index in [0.29, 0.717) is 41.2 Å². The molecule has 0 aliphatic heterocycles. The summed E-state index contributed by atoms with van der Waals surface area (Å²) >= 11 is 1.46. The molecule has 2 aromatic heterocycles. The molecule has 0 bridgehead atoms. The molecule has 0 saturated heterocycles. The largest absolute Gasteiger partial charge is 0.393 e. The minimum Gasteiger partial charge on any atom is -0.393 e. The molecule has 1 aromatic carbocycles. The van der Waals surface area contributed by atoms with Gasteiger partial charge in [-0.25, -0.2) is 4.98 Å². The summed E-state index contributed by atoms with van der Waals surface area (Å²) in [5.74, 6) is 0.660. The maximum absolute atomic E-state index is 13.2. The van der Waals surface area contributed by atoms with Gasteiger partial charge in [-0.2, -0.15) is 4.98 Å². The molecule has 3 aromatic rings. The van der Waals surface area contributed by atoms with E-state index < -0.39 is 11.7 Å². The maximum Gasteiger partial charge on any atom is 0.264 e. The first-order valence-electron chi connectivity index (χ1n) is 11.2. The number of rotatable bonds is 6. The third-order valence-corrected chi connectivity index (χ3v) is 7.70. The topological polar surface area (TPSA) is 123 Å². The highest BCUT2D eigenvalue weighted by molar-refractivity contribution is 7.21. The Bertz CT molecular complexity index is 1150. The highest BCUT2D eigenvalue weighted by Crippen LogP contribution is 2.38. The third-order valence-electron chi connectivity index (χ3n) is 6.65. The number of para-hydroxylation sites is 1. The molecule has 0 amide bonds. The number of aliphatic hydroxyl groups excluding tert-OH is 1. The molecule has 3 atom stereocenters. The molecule has 2 aliphatic rings. The lowest BCUT2D eigenvalue weighted by Crippen LogP contribution is -2.36. The van der Waals surface area contributed by atoms with Crippen LogP contribution in [0.15, 0.2) is 29.1 Å². The molecule has 5 N–H and O–H groups in total. The van der Waals surface area contributed by atoms with E-state index in [1.54, 1.807) is 13.8 Å². The summed E-state index contributed by atoms with van der Waals surface area (Å²) < 4.78 is 1.00. The molecule has 3 unspecified atom stereocenters. The van der Waals surface area contributed by atoms with Gasteiger partial charge in [-0.05, 0) is 58.1 Å². The van der Waals surface area contributed by atoms with E-state index >= 15 is 0 Å². The fourth-order valence-corrected chi connectivity index (χ4v) is 5.66. The van der Waals surface area contributed by atoms with Crippen molar-refractivity contribution in [1.82, 2.24) is 15.0 Å². The van der Waals surface area contributed by atoms with Crippen LogP contribution >= 0.6 is 11.3 Å². The van der Waals surface area contributed by atoms with E-state index in [2.05, 4.69) is 20.6 Å². The molecule has 9 heteroatoms. The van der Waals surface area contributed by atoms with Crippen LogP contribution < -0.4 is 16.2 Å². The Balaban J connectivity index is 1.51. The first-order valence-corrected chi connectivity index (χ1v) is 12.0. The van der Waals surface area contributed by atoms with Crippen LogP contribution in [0, 0.1) is 5.92 Å². The average Bonchev–Trinajstić information content (AvgIpc) is 3.27. The van der Waals surface area contributed by atoms with Gasteiger partial charge in [0, 0.05) is 18.0 Å². The Labute approximate surface area is 190 Å². The normalized spacial score (nSPS) is 23.9.